The molecule has 1 aromatic heterocycles. The first kappa shape index (κ1) is 19.1. The van der Waals surface area contributed by atoms with Crippen molar-refractivity contribution in [3.05, 3.63) is 58.4 Å². The fourth-order valence-electron chi connectivity index (χ4n) is 3.98. The maximum absolute atomic E-state index is 14.8. The highest BCUT2D eigenvalue weighted by atomic mass is 35.5. The molecule has 2 heterocycles. The number of rotatable bonds is 3. The molecule has 1 fully saturated rings. The Morgan fingerprint density at radius 1 is 1.39 bits per heavy atom. The van der Waals surface area contributed by atoms with E-state index in [1.54, 1.807) is 6.07 Å². The lowest BCUT2D eigenvalue weighted by Gasteiger charge is -2.36. The number of hydrogen-bond acceptors (Lipinski definition) is 5. The Labute approximate surface area is 169 Å². The number of hydrogen-bond donors (Lipinski definition) is 2. The Balaban J connectivity index is 1.74. The van der Waals surface area contributed by atoms with Crippen LogP contribution in [0.15, 0.2) is 35.5 Å². The van der Waals surface area contributed by atoms with Gasteiger partial charge in [-0.2, -0.15) is 0 Å². The van der Waals surface area contributed by atoms with Crippen LogP contribution >= 0.6 is 23.4 Å². The molecule has 0 saturated heterocycles. The van der Waals surface area contributed by atoms with Crippen molar-refractivity contribution in [2.75, 3.05) is 11.1 Å². The van der Waals surface area contributed by atoms with Crippen molar-refractivity contribution in [1.82, 2.24) is 4.98 Å². The molecule has 146 valence electrons. The van der Waals surface area contributed by atoms with Gasteiger partial charge in [-0.1, -0.05) is 29.8 Å². The highest BCUT2D eigenvalue weighted by Gasteiger charge is 2.48. The summed E-state index contributed by atoms with van der Waals surface area (Å²) in [7, 11) is 0. The predicted molar refractivity (Wildman–Crippen MR) is 107 cm³/mol. The van der Waals surface area contributed by atoms with Crippen molar-refractivity contribution >= 4 is 40.1 Å². The molecule has 5 nitrogen and oxygen atoms in total. The number of amides is 1. The van der Waals surface area contributed by atoms with Gasteiger partial charge in [0.15, 0.2) is 16.8 Å². The van der Waals surface area contributed by atoms with Crippen molar-refractivity contribution in [3.8, 4) is 0 Å². The number of benzene rings is 1. The number of halogens is 3. The van der Waals surface area contributed by atoms with Crippen LogP contribution in [0.4, 0.5) is 14.5 Å². The fourth-order valence-corrected chi connectivity index (χ4v) is 5.23. The van der Waals surface area contributed by atoms with E-state index in [-0.39, 0.29) is 27.9 Å². The summed E-state index contributed by atoms with van der Waals surface area (Å²) < 4.78 is 29.2. The molecule has 1 aliphatic carbocycles. The minimum absolute atomic E-state index is 0.00341. The second-order valence-electron chi connectivity index (χ2n) is 6.88. The summed E-state index contributed by atoms with van der Waals surface area (Å²) in [4.78, 5) is 21.0. The Bertz CT molecular complexity index is 986. The molecule has 1 saturated carbocycles. The number of carbonyl (C=O) groups is 1. The molecule has 2 aliphatic rings. The molecule has 2 atom stereocenters. The number of amidine groups is 1. The first-order valence-corrected chi connectivity index (χ1v) is 10.2. The first-order valence-electron chi connectivity index (χ1n) is 8.80. The topological polar surface area (TPSA) is 80.4 Å². The van der Waals surface area contributed by atoms with Crippen molar-refractivity contribution < 1.29 is 13.6 Å². The quantitative estimate of drug-likeness (QED) is 0.771. The van der Waals surface area contributed by atoms with Crippen LogP contribution in [-0.2, 0) is 5.54 Å². The smallest absolute Gasteiger partial charge is 0.275 e. The second kappa shape index (κ2) is 7.33. The number of thioether (sulfide) groups is 1. The summed E-state index contributed by atoms with van der Waals surface area (Å²) in [5.41, 5.74) is 5.26. The number of aliphatic imine (C=N–C) groups is 1. The molecule has 3 N–H and O–H groups in total. The highest BCUT2D eigenvalue weighted by Crippen LogP contribution is 2.52. The van der Waals surface area contributed by atoms with E-state index in [9.17, 15) is 13.6 Å². The molecule has 4 rings (SSSR count). The van der Waals surface area contributed by atoms with Gasteiger partial charge in [0.1, 0.15) is 5.69 Å². The molecule has 1 aromatic carbocycles. The molecule has 9 heteroatoms. The predicted octanol–water partition coefficient (Wildman–Crippen LogP) is 4.32. The van der Waals surface area contributed by atoms with Crippen LogP contribution in [0.3, 0.4) is 0 Å². The van der Waals surface area contributed by atoms with E-state index in [2.05, 4.69) is 15.3 Å². The van der Waals surface area contributed by atoms with E-state index in [0.717, 1.165) is 18.9 Å². The van der Waals surface area contributed by atoms with E-state index >= 15 is 0 Å². The second-order valence-corrected chi connectivity index (χ2v) is 8.33. The van der Waals surface area contributed by atoms with Gasteiger partial charge in [-0.15, -0.1) is 0 Å². The van der Waals surface area contributed by atoms with Crippen molar-refractivity contribution in [2.45, 2.75) is 24.8 Å². The fraction of sp³-hybridized carbons (Fsp3) is 0.316. The van der Waals surface area contributed by atoms with Gasteiger partial charge in [0, 0.05) is 29.3 Å². The van der Waals surface area contributed by atoms with E-state index < -0.39 is 23.1 Å². The summed E-state index contributed by atoms with van der Waals surface area (Å²) in [6, 6.07) is 5.51. The van der Waals surface area contributed by atoms with Gasteiger partial charge >= 0.3 is 0 Å². The lowest BCUT2D eigenvalue weighted by molar-refractivity contribution is 0.102. The minimum Gasteiger partial charge on any atom is -0.379 e. The van der Waals surface area contributed by atoms with Gasteiger partial charge in [-0.25, -0.2) is 13.8 Å². The zero-order valence-corrected chi connectivity index (χ0v) is 16.3. The van der Waals surface area contributed by atoms with Crippen molar-refractivity contribution in [3.63, 3.8) is 0 Å². The molecule has 1 aliphatic heterocycles. The van der Waals surface area contributed by atoms with Gasteiger partial charge in [0.05, 0.1) is 10.6 Å². The number of nitrogens with two attached hydrogens (primary N) is 1. The van der Waals surface area contributed by atoms with Crippen molar-refractivity contribution in [1.29, 1.82) is 0 Å². The van der Waals surface area contributed by atoms with E-state index in [0.29, 0.717) is 17.3 Å². The summed E-state index contributed by atoms with van der Waals surface area (Å²) in [6.07, 6.45) is 3.73. The van der Waals surface area contributed by atoms with E-state index in [1.807, 2.05) is 0 Å². The van der Waals surface area contributed by atoms with Gasteiger partial charge in [-0.3, -0.25) is 9.79 Å². The molecule has 0 bridgehead atoms. The van der Waals surface area contributed by atoms with Gasteiger partial charge in [0.25, 0.3) is 5.91 Å². The SMILES string of the molecule is NC1=N[C@@]2(c3cc(NC(=O)c4ncccc4Cl)cc(F)c3F)CCC[C@H]2CS1. The number of pyridine rings is 1. The summed E-state index contributed by atoms with van der Waals surface area (Å²) in [6.45, 7) is 0. The largest absolute Gasteiger partial charge is 0.379 e. The minimum atomic E-state index is -1.05. The lowest BCUT2D eigenvalue weighted by Crippen LogP contribution is -2.37. The molecule has 0 spiro atoms. The molecule has 0 unspecified atom stereocenters. The van der Waals surface area contributed by atoms with Crippen LogP contribution in [0.5, 0.6) is 0 Å². The summed E-state index contributed by atoms with van der Waals surface area (Å²) in [5, 5.41) is 3.09. The molecular formula is C19H17ClF2N4OS. The third-order valence-corrected chi connectivity index (χ3v) is 6.52. The van der Waals surface area contributed by atoms with Gasteiger partial charge < -0.3 is 11.1 Å². The zero-order valence-electron chi connectivity index (χ0n) is 14.7. The number of fused-ring (bicyclic) bond motifs is 1. The normalized spacial score (nSPS) is 23.8. The molecule has 28 heavy (non-hydrogen) atoms. The summed E-state index contributed by atoms with van der Waals surface area (Å²) >= 11 is 7.42. The molecular weight excluding hydrogens is 406 g/mol. The third kappa shape index (κ3) is 3.24. The third-order valence-electron chi connectivity index (χ3n) is 5.25. The van der Waals surface area contributed by atoms with Crippen LogP contribution in [-0.4, -0.2) is 21.8 Å². The average molecular weight is 423 g/mol. The number of nitrogens with zero attached hydrogens (tertiary/aromatic N) is 2. The van der Waals surface area contributed by atoms with Crippen LogP contribution in [0, 0.1) is 17.6 Å². The average Bonchev–Trinajstić information content (AvgIpc) is 3.08. The standard InChI is InChI=1S/C19H17ClF2N4OS/c20-13-4-2-6-24-16(13)17(27)25-11-7-12(15(22)14(21)8-11)19-5-1-3-10(19)9-28-18(23)26-19/h2,4,6-8,10H,1,3,5,9H2,(H2,23,26)(H,25,27)/t10-,19-/m0/s1. The monoisotopic (exact) mass is 422 g/mol. The zero-order chi connectivity index (χ0) is 19.9. The number of carbonyl (C=O) groups excluding carboxylic acids is 1. The van der Waals surface area contributed by atoms with Crippen molar-refractivity contribution in [2.24, 2.45) is 16.6 Å². The maximum atomic E-state index is 14.8. The number of anilines is 1. The first-order chi connectivity index (χ1) is 13.4. The Kier molecular flexibility index (Phi) is 5.01. The Morgan fingerprint density at radius 2 is 2.21 bits per heavy atom. The van der Waals surface area contributed by atoms with E-state index in [1.165, 1.54) is 30.1 Å². The maximum Gasteiger partial charge on any atom is 0.275 e. The van der Waals surface area contributed by atoms with Crippen LogP contribution in [0.2, 0.25) is 5.02 Å². The molecule has 1 amide bonds. The van der Waals surface area contributed by atoms with Crippen LogP contribution in [0.25, 0.3) is 0 Å². The van der Waals surface area contributed by atoms with E-state index in [4.69, 9.17) is 17.3 Å². The van der Waals surface area contributed by atoms with Gasteiger partial charge in [0.2, 0.25) is 0 Å². The number of nitrogens with one attached hydrogen (secondary N) is 1. The van der Waals surface area contributed by atoms with Crippen LogP contribution in [0.1, 0.15) is 35.3 Å². The Morgan fingerprint density at radius 3 is 3.00 bits per heavy atom. The Hall–Kier alpha value is -2.19. The molecule has 0 radical (unpaired) electrons. The lowest BCUT2D eigenvalue weighted by atomic mass is 9.81. The van der Waals surface area contributed by atoms with Crippen LogP contribution < -0.4 is 11.1 Å². The van der Waals surface area contributed by atoms with Gasteiger partial charge in [-0.05, 0) is 37.0 Å². The molecule has 2 aromatic rings. The number of aromatic nitrogens is 1. The summed E-state index contributed by atoms with van der Waals surface area (Å²) in [5.74, 6) is -1.84. The highest BCUT2D eigenvalue weighted by molar-refractivity contribution is 8.13.